The Kier molecular flexibility index (Phi) is 2.88. The molecule has 2 nitrogen and oxygen atoms in total. The summed E-state index contributed by atoms with van der Waals surface area (Å²) in [6, 6.07) is 7.49. The van der Waals surface area contributed by atoms with Gasteiger partial charge in [0.2, 0.25) is 0 Å². The first-order valence-corrected chi connectivity index (χ1v) is 3.71. The van der Waals surface area contributed by atoms with Crippen molar-refractivity contribution in [2.45, 2.75) is 0 Å². The molecule has 0 heterocycles. The Morgan fingerprint density at radius 2 is 2.17 bits per heavy atom. The van der Waals surface area contributed by atoms with E-state index in [0.29, 0.717) is 5.57 Å². The van der Waals surface area contributed by atoms with Crippen LogP contribution in [-0.2, 0) is 0 Å². The van der Waals surface area contributed by atoms with Crippen LogP contribution in [0.2, 0.25) is 0 Å². The molecule has 0 saturated heterocycles. The lowest BCUT2D eigenvalue weighted by atomic mass is 10.1. The lowest BCUT2D eigenvalue weighted by molar-refractivity contribution is 0.349. The summed E-state index contributed by atoms with van der Waals surface area (Å²) in [4.78, 5) is 0. The zero-order valence-electron chi connectivity index (χ0n) is 7.08. The van der Waals surface area contributed by atoms with Crippen molar-refractivity contribution in [3.63, 3.8) is 0 Å². The number of rotatable bonds is 3. The van der Waals surface area contributed by atoms with Crippen molar-refractivity contribution in [1.82, 2.24) is 0 Å². The van der Waals surface area contributed by atoms with E-state index in [4.69, 9.17) is 9.84 Å². The zero-order valence-corrected chi connectivity index (χ0v) is 7.08. The van der Waals surface area contributed by atoms with Gasteiger partial charge in [-0.2, -0.15) is 0 Å². The highest BCUT2D eigenvalue weighted by atomic mass is 16.5. The second kappa shape index (κ2) is 3.93. The molecule has 1 N–H and O–H groups in total. The molecule has 0 unspecified atom stereocenters. The molecule has 12 heavy (non-hydrogen) atoms. The number of benzene rings is 1. The van der Waals surface area contributed by atoms with E-state index in [1.807, 2.05) is 24.3 Å². The monoisotopic (exact) mass is 164 g/mol. The molecule has 0 aliphatic heterocycles. The molecule has 64 valence electrons. The van der Waals surface area contributed by atoms with E-state index in [9.17, 15) is 0 Å². The third kappa shape index (κ3) is 1.66. The molecule has 0 aliphatic carbocycles. The number of methoxy groups -OCH3 is 1. The quantitative estimate of drug-likeness (QED) is 0.736. The van der Waals surface area contributed by atoms with Gasteiger partial charge in [0, 0.05) is 5.56 Å². The van der Waals surface area contributed by atoms with Crippen LogP contribution in [0.25, 0.3) is 5.57 Å². The Hall–Kier alpha value is -1.28. The van der Waals surface area contributed by atoms with Crippen LogP contribution in [0.4, 0.5) is 0 Å². The molecule has 0 aromatic heterocycles. The fourth-order valence-corrected chi connectivity index (χ4v) is 1.02. The van der Waals surface area contributed by atoms with E-state index in [1.54, 1.807) is 7.11 Å². The van der Waals surface area contributed by atoms with E-state index in [-0.39, 0.29) is 6.61 Å². The summed E-state index contributed by atoms with van der Waals surface area (Å²) in [5, 5.41) is 8.85. The van der Waals surface area contributed by atoms with Crippen LogP contribution in [-0.4, -0.2) is 18.8 Å². The van der Waals surface area contributed by atoms with Gasteiger partial charge in [-0.1, -0.05) is 24.8 Å². The third-order valence-corrected chi connectivity index (χ3v) is 1.68. The molecule has 2 heteroatoms. The van der Waals surface area contributed by atoms with Gasteiger partial charge in [-0.15, -0.1) is 0 Å². The Balaban J connectivity index is 3.04. The minimum absolute atomic E-state index is 0.0413. The Bertz CT molecular complexity index is 279. The van der Waals surface area contributed by atoms with Gasteiger partial charge in [-0.05, 0) is 11.6 Å². The van der Waals surface area contributed by atoms with Crippen LogP contribution in [0, 0.1) is 0 Å². The maximum atomic E-state index is 8.85. The predicted molar refractivity (Wildman–Crippen MR) is 49.1 cm³/mol. The summed E-state index contributed by atoms with van der Waals surface area (Å²) < 4.78 is 5.10. The van der Waals surface area contributed by atoms with Crippen LogP contribution in [0.1, 0.15) is 5.56 Å². The highest BCUT2D eigenvalue weighted by Gasteiger charge is 2.03. The molecule has 0 spiro atoms. The van der Waals surface area contributed by atoms with Crippen molar-refractivity contribution in [2.75, 3.05) is 13.7 Å². The minimum Gasteiger partial charge on any atom is -0.496 e. The summed E-state index contributed by atoms with van der Waals surface area (Å²) in [7, 11) is 1.60. The number of hydrogen-bond acceptors (Lipinski definition) is 2. The molecule has 0 aliphatic rings. The molecule has 0 atom stereocenters. The average Bonchev–Trinajstić information content (AvgIpc) is 2.16. The summed E-state index contributed by atoms with van der Waals surface area (Å²) in [5.74, 6) is 0.747. The van der Waals surface area contributed by atoms with E-state index in [1.165, 1.54) is 0 Å². The average molecular weight is 164 g/mol. The van der Waals surface area contributed by atoms with Crippen molar-refractivity contribution in [3.8, 4) is 5.75 Å². The molecule has 0 radical (unpaired) electrons. The van der Waals surface area contributed by atoms with Crippen LogP contribution in [0.5, 0.6) is 5.75 Å². The van der Waals surface area contributed by atoms with E-state index < -0.39 is 0 Å². The first-order chi connectivity index (χ1) is 5.79. The molecule has 0 amide bonds. The summed E-state index contributed by atoms with van der Waals surface area (Å²) in [6.07, 6.45) is 0. The fraction of sp³-hybridized carbons (Fsp3) is 0.200. The van der Waals surface area contributed by atoms with Crippen molar-refractivity contribution < 1.29 is 9.84 Å². The van der Waals surface area contributed by atoms with Gasteiger partial charge >= 0.3 is 0 Å². The van der Waals surface area contributed by atoms with Crippen molar-refractivity contribution in [2.24, 2.45) is 0 Å². The second-order valence-electron chi connectivity index (χ2n) is 2.46. The number of ether oxygens (including phenoxy) is 1. The number of hydrogen-bond donors (Lipinski definition) is 1. The smallest absolute Gasteiger partial charge is 0.126 e. The normalized spacial score (nSPS) is 9.50. The molecule has 1 aromatic carbocycles. The second-order valence-corrected chi connectivity index (χ2v) is 2.46. The maximum Gasteiger partial charge on any atom is 0.126 e. The predicted octanol–water partition coefficient (Wildman–Crippen LogP) is 1.70. The van der Waals surface area contributed by atoms with Gasteiger partial charge in [-0.3, -0.25) is 0 Å². The van der Waals surface area contributed by atoms with Crippen LogP contribution >= 0.6 is 0 Å². The minimum atomic E-state index is -0.0413. The SMILES string of the molecule is C=C(CO)c1ccccc1OC. The van der Waals surface area contributed by atoms with Crippen LogP contribution in [0.3, 0.4) is 0 Å². The fourth-order valence-electron chi connectivity index (χ4n) is 1.02. The van der Waals surface area contributed by atoms with E-state index >= 15 is 0 Å². The first kappa shape index (κ1) is 8.81. The van der Waals surface area contributed by atoms with Gasteiger partial charge in [0.05, 0.1) is 13.7 Å². The molecule has 0 bridgehead atoms. The lowest BCUT2D eigenvalue weighted by Gasteiger charge is -2.07. The third-order valence-electron chi connectivity index (χ3n) is 1.68. The van der Waals surface area contributed by atoms with Crippen molar-refractivity contribution >= 4 is 5.57 Å². The number of para-hydroxylation sites is 1. The van der Waals surface area contributed by atoms with Gasteiger partial charge in [0.1, 0.15) is 5.75 Å². The Morgan fingerprint density at radius 3 is 2.75 bits per heavy atom. The number of aliphatic hydroxyl groups excluding tert-OH is 1. The zero-order chi connectivity index (χ0) is 8.97. The van der Waals surface area contributed by atoms with Crippen LogP contribution in [0.15, 0.2) is 30.8 Å². The van der Waals surface area contributed by atoms with Crippen molar-refractivity contribution in [3.05, 3.63) is 36.4 Å². The summed E-state index contributed by atoms with van der Waals surface area (Å²) in [5.41, 5.74) is 1.54. The maximum absolute atomic E-state index is 8.85. The Labute approximate surface area is 72.1 Å². The highest BCUT2D eigenvalue weighted by Crippen LogP contribution is 2.23. The first-order valence-electron chi connectivity index (χ1n) is 3.71. The molecular formula is C10H12O2. The summed E-state index contributed by atoms with van der Waals surface area (Å²) in [6.45, 7) is 3.68. The summed E-state index contributed by atoms with van der Waals surface area (Å²) >= 11 is 0. The standard InChI is InChI=1S/C10H12O2/c1-8(7-11)9-5-3-4-6-10(9)12-2/h3-6,11H,1,7H2,2H3. The molecule has 0 saturated carbocycles. The van der Waals surface area contributed by atoms with Crippen LogP contribution < -0.4 is 4.74 Å². The highest BCUT2D eigenvalue weighted by molar-refractivity contribution is 5.69. The molecule has 1 aromatic rings. The van der Waals surface area contributed by atoms with E-state index in [2.05, 4.69) is 6.58 Å². The largest absolute Gasteiger partial charge is 0.496 e. The van der Waals surface area contributed by atoms with Gasteiger partial charge in [-0.25, -0.2) is 0 Å². The van der Waals surface area contributed by atoms with Gasteiger partial charge < -0.3 is 9.84 Å². The molecule has 1 rings (SSSR count). The van der Waals surface area contributed by atoms with Gasteiger partial charge in [0.25, 0.3) is 0 Å². The topological polar surface area (TPSA) is 29.5 Å². The van der Waals surface area contributed by atoms with Gasteiger partial charge in [0.15, 0.2) is 0 Å². The molecule has 0 fully saturated rings. The molecular weight excluding hydrogens is 152 g/mol. The Morgan fingerprint density at radius 1 is 1.50 bits per heavy atom. The lowest BCUT2D eigenvalue weighted by Crippen LogP contribution is -1.93. The number of aliphatic hydroxyl groups is 1. The van der Waals surface area contributed by atoms with E-state index in [0.717, 1.165) is 11.3 Å². The van der Waals surface area contributed by atoms with Crippen molar-refractivity contribution in [1.29, 1.82) is 0 Å².